The minimum absolute atomic E-state index is 0.155. The van der Waals surface area contributed by atoms with Crippen molar-refractivity contribution < 1.29 is 14.3 Å². The molecule has 9 heteroatoms. The number of ether oxygens (including phenoxy) is 1. The highest BCUT2D eigenvalue weighted by molar-refractivity contribution is 8.26. The van der Waals surface area contributed by atoms with Crippen LogP contribution in [0.1, 0.15) is 18.9 Å². The first kappa shape index (κ1) is 19.5. The van der Waals surface area contributed by atoms with Gasteiger partial charge in [0.2, 0.25) is 5.91 Å². The second-order valence-corrected chi connectivity index (χ2v) is 8.04. The maximum absolute atomic E-state index is 12.6. The lowest BCUT2D eigenvalue weighted by molar-refractivity contribution is -0.122. The molecule has 1 aromatic heterocycles. The third-order valence-electron chi connectivity index (χ3n) is 3.60. The van der Waals surface area contributed by atoms with Crippen LogP contribution in [0.4, 0.5) is 5.13 Å². The Morgan fingerprint density at radius 1 is 1.37 bits per heavy atom. The van der Waals surface area contributed by atoms with E-state index in [1.165, 1.54) is 28.0 Å². The van der Waals surface area contributed by atoms with E-state index < -0.39 is 0 Å². The summed E-state index contributed by atoms with van der Waals surface area (Å²) >= 11 is 7.89. The Hall–Kier alpha value is -2.23. The highest BCUT2D eigenvalue weighted by Crippen LogP contribution is 2.32. The standard InChI is InChI=1S/C18H17N3O3S3/c1-2-24-13-5-3-12(4-6-13)11-14-16(23)21(18(25)27-14)9-7-15(22)20-17-19-8-10-26-17/h3-6,8,10-11H,2,7,9H2,1H3,(H,19,20,22)/b14-11-. The molecule has 0 radical (unpaired) electrons. The SMILES string of the molecule is CCOc1ccc(/C=C2\SC(=S)N(CCC(=O)Nc3nccs3)C2=O)cc1. The molecule has 0 spiro atoms. The van der Waals surface area contributed by atoms with E-state index in [4.69, 9.17) is 17.0 Å². The minimum atomic E-state index is -0.200. The number of carbonyl (C=O) groups is 2. The molecule has 1 aromatic carbocycles. The minimum Gasteiger partial charge on any atom is -0.494 e. The summed E-state index contributed by atoms with van der Waals surface area (Å²) in [5.41, 5.74) is 0.889. The van der Waals surface area contributed by atoms with Crippen LogP contribution < -0.4 is 10.1 Å². The fourth-order valence-electron chi connectivity index (χ4n) is 2.35. The van der Waals surface area contributed by atoms with Gasteiger partial charge in [-0.1, -0.05) is 36.1 Å². The molecular weight excluding hydrogens is 402 g/mol. The van der Waals surface area contributed by atoms with Crippen LogP contribution >= 0.6 is 35.3 Å². The Morgan fingerprint density at radius 3 is 2.81 bits per heavy atom. The van der Waals surface area contributed by atoms with Gasteiger partial charge in [-0.25, -0.2) is 4.98 Å². The molecule has 1 N–H and O–H groups in total. The van der Waals surface area contributed by atoms with Crippen molar-refractivity contribution in [2.75, 3.05) is 18.5 Å². The lowest BCUT2D eigenvalue weighted by atomic mass is 10.2. The number of thiocarbonyl (C=S) groups is 1. The maximum atomic E-state index is 12.6. The van der Waals surface area contributed by atoms with Gasteiger partial charge in [-0.05, 0) is 30.7 Å². The Bertz CT molecular complexity index is 864. The molecule has 0 bridgehead atoms. The number of hydrogen-bond donors (Lipinski definition) is 1. The summed E-state index contributed by atoms with van der Waals surface area (Å²) in [6.45, 7) is 2.77. The first-order valence-corrected chi connectivity index (χ1v) is 10.3. The van der Waals surface area contributed by atoms with Crippen LogP contribution in [0.3, 0.4) is 0 Å². The smallest absolute Gasteiger partial charge is 0.266 e. The summed E-state index contributed by atoms with van der Waals surface area (Å²) in [7, 11) is 0. The maximum Gasteiger partial charge on any atom is 0.266 e. The van der Waals surface area contributed by atoms with Gasteiger partial charge in [0, 0.05) is 24.5 Å². The van der Waals surface area contributed by atoms with Crippen molar-refractivity contribution in [3.8, 4) is 5.75 Å². The molecule has 2 amide bonds. The Morgan fingerprint density at radius 2 is 2.15 bits per heavy atom. The molecule has 1 saturated heterocycles. The summed E-state index contributed by atoms with van der Waals surface area (Å²) in [6.07, 6.45) is 3.57. The molecular formula is C18H17N3O3S3. The van der Waals surface area contributed by atoms with Crippen LogP contribution in [-0.2, 0) is 9.59 Å². The number of thiazole rings is 1. The fourth-order valence-corrected chi connectivity index (χ4v) is 4.21. The molecule has 0 atom stereocenters. The molecule has 0 aliphatic carbocycles. The first-order valence-electron chi connectivity index (χ1n) is 8.24. The van der Waals surface area contributed by atoms with Gasteiger partial charge >= 0.3 is 0 Å². The monoisotopic (exact) mass is 419 g/mol. The molecule has 3 rings (SSSR count). The Labute approximate surface area is 170 Å². The van der Waals surface area contributed by atoms with Crippen LogP contribution in [0.15, 0.2) is 40.7 Å². The number of thioether (sulfide) groups is 1. The highest BCUT2D eigenvalue weighted by atomic mass is 32.2. The molecule has 2 heterocycles. The normalized spacial score (nSPS) is 15.4. The quantitative estimate of drug-likeness (QED) is 0.544. The van der Waals surface area contributed by atoms with Gasteiger partial charge in [0.05, 0.1) is 11.5 Å². The topological polar surface area (TPSA) is 71.5 Å². The first-order chi connectivity index (χ1) is 13.1. The summed E-state index contributed by atoms with van der Waals surface area (Å²) in [5.74, 6) is 0.406. The second kappa shape index (κ2) is 9.12. The van der Waals surface area contributed by atoms with Crippen LogP contribution in [0, 0.1) is 0 Å². The Kier molecular flexibility index (Phi) is 6.59. The number of hydrogen-bond acceptors (Lipinski definition) is 7. The number of aromatic nitrogens is 1. The second-order valence-electron chi connectivity index (χ2n) is 5.47. The molecule has 0 saturated carbocycles. The van der Waals surface area contributed by atoms with E-state index in [1.807, 2.05) is 31.2 Å². The van der Waals surface area contributed by atoms with Crippen molar-refractivity contribution in [2.24, 2.45) is 0 Å². The average Bonchev–Trinajstić information content (AvgIpc) is 3.24. The van der Waals surface area contributed by atoms with Gasteiger partial charge in [-0.15, -0.1) is 11.3 Å². The molecule has 1 fully saturated rings. The third kappa shape index (κ3) is 5.15. The van der Waals surface area contributed by atoms with Gasteiger partial charge in [-0.3, -0.25) is 14.5 Å². The van der Waals surface area contributed by atoms with Gasteiger partial charge in [0.1, 0.15) is 10.1 Å². The molecule has 0 unspecified atom stereocenters. The molecule has 1 aliphatic rings. The van der Waals surface area contributed by atoms with E-state index in [9.17, 15) is 9.59 Å². The van der Waals surface area contributed by atoms with Gasteiger partial charge in [0.15, 0.2) is 5.13 Å². The lowest BCUT2D eigenvalue weighted by Crippen LogP contribution is -2.31. The van der Waals surface area contributed by atoms with Crippen LogP contribution in [-0.4, -0.2) is 39.2 Å². The Balaban J connectivity index is 1.59. The van der Waals surface area contributed by atoms with Crippen molar-refractivity contribution in [1.82, 2.24) is 9.88 Å². The average molecular weight is 420 g/mol. The zero-order chi connectivity index (χ0) is 19.2. The molecule has 2 aromatic rings. The number of anilines is 1. The summed E-state index contributed by atoms with van der Waals surface area (Å²) in [5, 5.41) is 5.02. The van der Waals surface area contributed by atoms with Crippen molar-refractivity contribution in [2.45, 2.75) is 13.3 Å². The van der Waals surface area contributed by atoms with Crippen molar-refractivity contribution >= 4 is 62.7 Å². The van der Waals surface area contributed by atoms with E-state index >= 15 is 0 Å². The van der Waals surface area contributed by atoms with Crippen LogP contribution in [0.2, 0.25) is 0 Å². The van der Waals surface area contributed by atoms with Crippen molar-refractivity contribution in [3.63, 3.8) is 0 Å². The summed E-state index contributed by atoms with van der Waals surface area (Å²) < 4.78 is 5.87. The van der Waals surface area contributed by atoms with Crippen LogP contribution in [0.25, 0.3) is 6.08 Å². The summed E-state index contributed by atoms with van der Waals surface area (Å²) in [6, 6.07) is 7.50. The predicted octanol–water partition coefficient (Wildman–Crippen LogP) is 3.77. The number of carbonyl (C=O) groups excluding carboxylic acids is 2. The van der Waals surface area contributed by atoms with E-state index in [1.54, 1.807) is 17.7 Å². The molecule has 1 aliphatic heterocycles. The van der Waals surface area contributed by atoms with E-state index in [0.29, 0.717) is 21.0 Å². The third-order valence-corrected chi connectivity index (χ3v) is 5.67. The van der Waals surface area contributed by atoms with Crippen LogP contribution in [0.5, 0.6) is 5.75 Å². The van der Waals surface area contributed by atoms with Gasteiger partial charge in [-0.2, -0.15) is 0 Å². The largest absolute Gasteiger partial charge is 0.494 e. The molecule has 140 valence electrons. The van der Waals surface area contributed by atoms with Crippen molar-refractivity contribution in [3.05, 3.63) is 46.3 Å². The number of rotatable bonds is 7. The van der Waals surface area contributed by atoms with Crippen molar-refractivity contribution in [1.29, 1.82) is 0 Å². The zero-order valence-corrected chi connectivity index (χ0v) is 17.0. The lowest BCUT2D eigenvalue weighted by Gasteiger charge is -2.13. The fraction of sp³-hybridized carbons (Fsp3) is 0.222. The molecule has 6 nitrogen and oxygen atoms in total. The summed E-state index contributed by atoms with van der Waals surface area (Å²) in [4.78, 5) is 30.6. The van der Waals surface area contributed by atoms with E-state index in [-0.39, 0.29) is 24.8 Å². The predicted molar refractivity (Wildman–Crippen MR) is 113 cm³/mol. The van der Waals surface area contributed by atoms with E-state index in [2.05, 4.69) is 10.3 Å². The molecule has 27 heavy (non-hydrogen) atoms. The number of benzene rings is 1. The van der Waals surface area contributed by atoms with Gasteiger partial charge in [0.25, 0.3) is 5.91 Å². The van der Waals surface area contributed by atoms with Gasteiger partial charge < -0.3 is 10.1 Å². The number of nitrogens with one attached hydrogen (secondary N) is 1. The van der Waals surface area contributed by atoms with E-state index in [0.717, 1.165) is 11.3 Å². The number of amides is 2. The number of nitrogens with zero attached hydrogens (tertiary/aromatic N) is 2. The zero-order valence-electron chi connectivity index (χ0n) is 14.5. The highest BCUT2D eigenvalue weighted by Gasteiger charge is 2.32.